The first kappa shape index (κ1) is 26.3. The normalized spacial score (nSPS) is 25.1. The monoisotopic (exact) mass is 500 g/mol. The number of nitrogens with two attached hydrogens (primary N) is 2. The fraction of sp³-hybridized carbons (Fsp3) is 0.360. The van der Waals surface area contributed by atoms with Crippen molar-refractivity contribution in [1.29, 1.82) is 5.41 Å². The molecule has 7 N–H and O–H groups in total. The Kier molecular flexibility index (Phi) is 7.64. The van der Waals surface area contributed by atoms with Gasteiger partial charge in [0, 0.05) is 36.3 Å². The maximum Gasteiger partial charge on any atom is 0.332 e. The van der Waals surface area contributed by atoms with Crippen molar-refractivity contribution in [2.24, 2.45) is 17.4 Å². The Balaban J connectivity index is 0.00000342. The van der Waals surface area contributed by atoms with Crippen LogP contribution in [-0.4, -0.2) is 57.9 Å². The number of nitrogen functional groups attached to an aromatic ring is 1. The number of nitrogens with one attached hydrogen (secondary N) is 2. The Bertz CT molecular complexity index is 1130. The van der Waals surface area contributed by atoms with Gasteiger partial charge in [-0.3, -0.25) is 20.3 Å². The van der Waals surface area contributed by atoms with Gasteiger partial charge in [0.2, 0.25) is 0 Å². The summed E-state index contributed by atoms with van der Waals surface area (Å²) in [6, 6.07) is 15.7. The van der Waals surface area contributed by atoms with Gasteiger partial charge in [-0.1, -0.05) is 54.6 Å². The van der Waals surface area contributed by atoms with Crippen LogP contribution >= 0.6 is 12.4 Å². The molecule has 2 aromatic rings. The first-order valence-electron chi connectivity index (χ1n) is 11.3. The molecule has 2 aromatic carbocycles. The predicted octanol–water partition coefficient (Wildman–Crippen LogP) is 1.17. The summed E-state index contributed by atoms with van der Waals surface area (Å²) in [4.78, 5) is 38.3. The molecule has 0 radical (unpaired) electrons. The summed E-state index contributed by atoms with van der Waals surface area (Å²) in [5, 5.41) is 19.8. The number of benzene rings is 2. The summed E-state index contributed by atoms with van der Waals surface area (Å²) >= 11 is 0. The van der Waals surface area contributed by atoms with Crippen molar-refractivity contribution in [3.8, 4) is 0 Å². The molecule has 2 aliphatic rings. The fourth-order valence-corrected chi connectivity index (χ4v) is 5.58. The molecule has 0 aromatic heterocycles. The number of carboxylic acids is 1. The maximum absolute atomic E-state index is 14.3. The Hall–Kier alpha value is -3.27. The van der Waals surface area contributed by atoms with E-state index in [4.69, 9.17) is 16.9 Å². The van der Waals surface area contributed by atoms with E-state index in [0.717, 1.165) is 11.1 Å². The van der Waals surface area contributed by atoms with Crippen LogP contribution in [0.15, 0.2) is 54.6 Å². The summed E-state index contributed by atoms with van der Waals surface area (Å²) in [5.41, 5.74) is 12.8. The van der Waals surface area contributed by atoms with Gasteiger partial charge in [-0.2, -0.15) is 0 Å². The summed E-state index contributed by atoms with van der Waals surface area (Å²) < 4.78 is -0.128. The second kappa shape index (κ2) is 10.2. The van der Waals surface area contributed by atoms with E-state index in [-0.39, 0.29) is 47.6 Å². The van der Waals surface area contributed by atoms with Gasteiger partial charge in [0.25, 0.3) is 5.91 Å². The van der Waals surface area contributed by atoms with E-state index < -0.39 is 23.5 Å². The van der Waals surface area contributed by atoms with Crippen LogP contribution in [0, 0.1) is 11.3 Å². The zero-order valence-electron chi connectivity index (χ0n) is 19.3. The molecule has 9 nitrogen and oxygen atoms in total. The van der Waals surface area contributed by atoms with Crippen molar-refractivity contribution in [3.63, 3.8) is 0 Å². The van der Waals surface area contributed by atoms with E-state index in [9.17, 15) is 19.5 Å². The van der Waals surface area contributed by atoms with Crippen LogP contribution in [0.1, 0.15) is 29.5 Å². The molecule has 0 bridgehead atoms. The number of amidine groups is 1. The minimum absolute atomic E-state index is 0. The molecule has 4 rings (SSSR count). The molecule has 2 unspecified atom stereocenters. The second-order valence-corrected chi connectivity index (χ2v) is 9.29. The lowest BCUT2D eigenvalue weighted by Gasteiger charge is -2.41. The van der Waals surface area contributed by atoms with Gasteiger partial charge in [-0.25, -0.2) is 9.28 Å². The van der Waals surface area contributed by atoms with Crippen LogP contribution in [0.3, 0.4) is 0 Å². The topological polar surface area (TPSA) is 159 Å². The van der Waals surface area contributed by atoms with Crippen LogP contribution in [0.25, 0.3) is 0 Å². The lowest BCUT2D eigenvalue weighted by atomic mass is 9.99. The molecule has 10 heteroatoms. The molecule has 2 fully saturated rings. The minimum Gasteiger partial charge on any atom is -0.480 e. The smallest absolute Gasteiger partial charge is 0.332 e. The van der Waals surface area contributed by atoms with Gasteiger partial charge in [0.15, 0.2) is 5.54 Å². The highest BCUT2D eigenvalue weighted by Gasteiger charge is 2.79. The first-order valence-corrected chi connectivity index (χ1v) is 11.3. The molecule has 4 atom stereocenters. The van der Waals surface area contributed by atoms with Crippen molar-refractivity contribution >= 4 is 36.0 Å². The van der Waals surface area contributed by atoms with Gasteiger partial charge in [0.1, 0.15) is 18.4 Å². The largest absolute Gasteiger partial charge is 0.480 e. The van der Waals surface area contributed by atoms with Crippen LogP contribution in [0.5, 0.6) is 0 Å². The van der Waals surface area contributed by atoms with Crippen molar-refractivity contribution < 1.29 is 24.0 Å². The number of piperidine rings is 1. The SMILES string of the molecule is Cl.N=C(N)c1ccc(C[N+]2(C(=O)C(Cc3ccccc3)NCC(=O)O)CC[C@@H]3C[C@@]32C(N)=O)cc1. The van der Waals surface area contributed by atoms with E-state index in [0.29, 0.717) is 31.4 Å². The molecule has 35 heavy (non-hydrogen) atoms. The number of primary amides is 1. The zero-order valence-corrected chi connectivity index (χ0v) is 20.1. The van der Waals surface area contributed by atoms with Crippen molar-refractivity contribution in [2.45, 2.75) is 37.4 Å². The number of carboxylic acid groups (broad SMARTS) is 1. The highest BCUT2D eigenvalue weighted by molar-refractivity contribution is 5.95. The number of hydrogen-bond donors (Lipinski definition) is 5. The third-order valence-corrected chi connectivity index (χ3v) is 7.34. The van der Waals surface area contributed by atoms with Gasteiger partial charge < -0.3 is 16.6 Å². The van der Waals surface area contributed by atoms with E-state index >= 15 is 0 Å². The molecule has 1 aliphatic heterocycles. The van der Waals surface area contributed by atoms with Gasteiger partial charge >= 0.3 is 11.9 Å². The number of amides is 2. The molecular formula is C25H31ClN5O4+. The molecule has 1 saturated carbocycles. The standard InChI is InChI=1S/C25H29N5O4.ClH/c26-22(27)18-8-6-17(7-9-18)15-30(11-10-19-13-25(19,30)24(28)34)23(33)20(29-14-21(31)32)12-16-4-2-1-3-5-16;/h1-9,19-20,29H,10-15H2,(H5-,26,27,28,31,32,34);1H/p+1/t19-,20?,25+,30?;/m1./s1. The highest BCUT2D eigenvalue weighted by Crippen LogP contribution is 2.61. The number of carbonyl (C=O) groups excluding carboxylic acids is 2. The number of rotatable bonds is 10. The van der Waals surface area contributed by atoms with E-state index in [1.807, 2.05) is 42.5 Å². The number of hydrogen-bond acceptors (Lipinski definition) is 5. The lowest BCUT2D eigenvalue weighted by molar-refractivity contribution is -0.885. The number of nitrogens with zero attached hydrogens (tertiary/aromatic N) is 1. The Labute approximate surface area is 210 Å². The molecule has 1 saturated heterocycles. The predicted molar refractivity (Wildman–Crippen MR) is 133 cm³/mol. The van der Waals surface area contributed by atoms with Crippen molar-refractivity contribution in [2.75, 3.05) is 13.1 Å². The quantitative estimate of drug-likeness (QED) is 0.187. The van der Waals surface area contributed by atoms with Gasteiger partial charge in [-0.05, 0) is 5.56 Å². The van der Waals surface area contributed by atoms with Crippen LogP contribution in [0.4, 0.5) is 0 Å². The third-order valence-electron chi connectivity index (χ3n) is 7.34. The average molecular weight is 501 g/mol. The van der Waals surface area contributed by atoms with Gasteiger partial charge in [-0.15, -0.1) is 12.4 Å². The Morgan fingerprint density at radius 2 is 1.74 bits per heavy atom. The van der Waals surface area contributed by atoms with Crippen LogP contribution < -0.4 is 16.8 Å². The molecule has 0 spiro atoms. The van der Waals surface area contributed by atoms with Crippen LogP contribution in [-0.2, 0) is 27.3 Å². The molecule has 1 heterocycles. The third kappa shape index (κ3) is 4.80. The highest BCUT2D eigenvalue weighted by atomic mass is 35.5. The minimum atomic E-state index is -1.06. The van der Waals surface area contributed by atoms with Crippen LogP contribution in [0.2, 0.25) is 0 Å². The molecule has 1 aliphatic carbocycles. The average Bonchev–Trinajstić information content (AvgIpc) is 3.48. The number of fused-ring (bicyclic) bond motifs is 1. The van der Waals surface area contributed by atoms with Crippen molar-refractivity contribution in [1.82, 2.24) is 5.32 Å². The first-order chi connectivity index (χ1) is 16.2. The summed E-state index contributed by atoms with van der Waals surface area (Å²) in [6.07, 6.45) is 1.56. The summed E-state index contributed by atoms with van der Waals surface area (Å²) in [6.45, 7) is 0.348. The summed E-state index contributed by atoms with van der Waals surface area (Å²) in [7, 11) is 0. The Morgan fingerprint density at radius 1 is 1.09 bits per heavy atom. The zero-order chi connectivity index (χ0) is 24.5. The van der Waals surface area contributed by atoms with E-state index in [2.05, 4.69) is 5.32 Å². The lowest BCUT2D eigenvalue weighted by Crippen LogP contribution is -2.67. The maximum atomic E-state index is 14.3. The second-order valence-electron chi connectivity index (χ2n) is 9.29. The molecule has 186 valence electrons. The number of quaternary nitrogens is 1. The van der Waals surface area contributed by atoms with E-state index in [1.54, 1.807) is 12.1 Å². The van der Waals surface area contributed by atoms with E-state index in [1.165, 1.54) is 0 Å². The Morgan fingerprint density at radius 3 is 2.29 bits per heavy atom. The number of aliphatic carboxylic acids is 1. The molecule has 2 amide bonds. The molecular weight excluding hydrogens is 470 g/mol. The fourth-order valence-electron chi connectivity index (χ4n) is 5.58. The number of carbonyl (C=O) groups is 3. The van der Waals surface area contributed by atoms with Crippen molar-refractivity contribution in [3.05, 3.63) is 71.3 Å². The number of halogens is 1. The number of likely N-dealkylation sites (tertiary alicyclic amines) is 1. The van der Waals surface area contributed by atoms with Gasteiger partial charge in [0.05, 0.1) is 13.1 Å². The summed E-state index contributed by atoms with van der Waals surface area (Å²) in [5.74, 6) is -1.78.